The molecule has 164 valence electrons. The van der Waals surface area contributed by atoms with E-state index < -0.39 is 5.54 Å². The molecule has 0 spiro atoms. The summed E-state index contributed by atoms with van der Waals surface area (Å²) in [6.07, 6.45) is 2.06. The molecule has 8 heteroatoms. The number of alkyl halides is 1. The lowest BCUT2D eigenvalue weighted by molar-refractivity contribution is -0.135. The van der Waals surface area contributed by atoms with Gasteiger partial charge in [0.2, 0.25) is 5.91 Å². The average molecular weight is 481 g/mol. The topological polar surface area (TPSA) is 75.4 Å². The van der Waals surface area contributed by atoms with Crippen LogP contribution in [0.5, 0.6) is 0 Å². The van der Waals surface area contributed by atoms with Crippen LogP contribution in [0.4, 0.5) is 0 Å². The zero-order valence-electron chi connectivity index (χ0n) is 16.9. The van der Waals surface area contributed by atoms with E-state index >= 15 is 0 Å². The number of hydrogen-bond acceptors (Lipinski definition) is 3. The number of nitrogens with two attached hydrogens (primary N) is 1. The fourth-order valence-electron chi connectivity index (χ4n) is 4.05. The first-order chi connectivity index (χ1) is 14.8. The fourth-order valence-corrected chi connectivity index (χ4v) is 4.54. The smallest absolute Gasteiger partial charge is 0.251 e. The normalized spacial score (nSPS) is 22.1. The van der Waals surface area contributed by atoms with Crippen LogP contribution in [0.15, 0.2) is 42.5 Å². The summed E-state index contributed by atoms with van der Waals surface area (Å²) >= 11 is 18.2. The highest BCUT2D eigenvalue weighted by molar-refractivity contribution is 6.42. The molecule has 2 aromatic rings. The highest BCUT2D eigenvalue weighted by Gasteiger charge is 2.49. The molecule has 2 unspecified atom stereocenters. The number of halogens is 3. The van der Waals surface area contributed by atoms with E-state index in [2.05, 4.69) is 5.32 Å². The third-order valence-electron chi connectivity index (χ3n) is 6.17. The summed E-state index contributed by atoms with van der Waals surface area (Å²) in [5.74, 6) is 0.101. The van der Waals surface area contributed by atoms with Crippen LogP contribution >= 0.6 is 34.8 Å². The van der Waals surface area contributed by atoms with Gasteiger partial charge in [-0.25, -0.2) is 0 Å². The van der Waals surface area contributed by atoms with E-state index in [4.69, 9.17) is 40.5 Å². The fraction of sp³-hybridized carbons (Fsp3) is 0.391. The van der Waals surface area contributed by atoms with Gasteiger partial charge >= 0.3 is 0 Å². The molecular weight excluding hydrogens is 457 g/mol. The first-order valence-corrected chi connectivity index (χ1v) is 11.6. The predicted molar refractivity (Wildman–Crippen MR) is 124 cm³/mol. The lowest BCUT2D eigenvalue weighted by atomic mass is 9.85. The lowest BCUT2D eigenvalue weighted by Gasteiger charge is -2.40. The molecule has 0 bridgehead atoms. The number of piperidine rings is 1. The summed E-state index contributed by atoms with van der Waals surface area (Å²) in [4.78, 5) is 27.6. The van der Waals surface area contributed by atoms with E-state index in [1.807, 2.05) is 29.2 Å². The minimum Gasteiger partial charge on any atom is -0.349 e. The molecule has 2 aliphatic rings. The summed E-state index contributed by atoms with van der Waals surface area (Å²) in [6.45, 7) is 1.01. The van der Waals surface area contributed by atoms with Crippen molar-refractivity contribution >= 4 is 46.6 Å². The van der Waals surface area contributed by atoms with Crippen LogP contribution < -0.4 is 11.1 Å². The number of likely N-dealkylation sites (tertiary alicyclic amines) is 1. The third kappa shape index (κ3) is 4.85. The Morgan fingerprint density at radius 3 is 2.42 bits per heavy atom. The summed E-state index contributed by atoms with van der Waals surface area (Å²) in [6, 6.07) is 12.5. The van der Waals surface area contributed by atoms with Gasteiger partial charge in [-0.3, -0.25) is 9.59 Å². The maximum atomic E-state index is 12.9. The molecule has 1 heterocycles. The van der Waals surface area contributed by atoms with Gasteiger partial charge in [-0.2, -0.15) is 0 Å². The van der Waals surface area contributed by atoms with Gasteiger partial charge in [0.15, 0.2) is 0 Å². The van der Waals surface area contributed by atoms with Gasteiger partial charge in [0.25, 0.3) is 5.91 Å². The molecule has 3 N–H and O–H groups in total. The van der Waals surface area contributed by atoms with Gasteiger partial charge in [0.05, 0.1) is 15.6 Å². The highest BCUT2D eigenvalue weighted by Crippen LogP contribution is 2.37. The molecule has 5 nitrogen and oxygen atoms in total. The van der Waals surface area contributed by atoms with Crippen LogP contribution in [0.25, 0.3) is 0 Å². The van der Waals surface area contributed by atoms with Crippen molar-refractivity contribution in [1.29, 1.82) is 0 Å². The second kappa shape index (κ2) is 8.99. The van der Waals surface area contributed by atoms with Crippen molar-refractivity contribution in [3.05, 3.63) is 69.2 Å². The van der Waals surface area contributed by atoms with E-state index in [9.17, 15) is 9.59 Å². The quantitative estimate of drug-likeness (QED) is 0.625. The van der Waals surface area contributed by atoms with Crippen molar-refractivity contribution in [2.45, 2.75) is 42.6 Å². The third-order valence-corrected chi connectivity index (χ3v) is 7.22. The van der Waals surface area contributed by atoms with E-state index in [1.54, 1.807) is 18.2 Å². The number of rotatable bonds is 5. The van der Waals surface area contributed by atoms with E-state index in [0.717, 1.165) is 24.0 Å². The molecule has 4 rings (SSSR count). The van der Waals surface area contributed by atoms with Gasteiger partial charge in [-0.05, 0) is 54.7 Å². The van der Waals surface area contributed by atoms with Crippen molar-refractivity contribution in [2.75, 3.05) is 13.1 Å². The van der Waals surface area contributed by atoms with Gasteiger partial charge < -0.3 is 16.0 Å². The Balaban J connectivity index is 1.56. The van der Waals surface area contributed by atoms with Gasteiger partial charge in [0, 0.05) is 36.5 Å². The second-order valence-electron chi connectivity index (χ2n) is 8.39. The van der Waals surface area contributed by atoms with Crippen LogP contribution in [0, 0.1) is 0 Å². The molecule has 1 aliphatic carbocycles. The number of nitrogens with one attached hydrogen (secondary N) is 1. The van der Waals surface area contributed by atoms with Crippen LogP contribution in [-0.2, 0) is 10.7 Å². The maximum Gasteiger partial charge on any atom is 0.251 e. The maximum absolute atomic E-state index is 12.9. The minimum atomic E-state index is -0.720. The van der Waals surface area contributed by atoms with Crippen LogP contribution in [0.2, 0.25) is 10.0 Å². The van der Waals surface area contributed by atoms with E-state index in [0.29, 0.717) is 41.0 Å². The molecular formula is C23H24Cl3N3O2. The van der Waals surface area contributed by atoms with Crippen molar-refractivity contribution in [2.24, 2.45) is 5.73 Å². The number of carbonyl (C=O) groups is 2. The zero-order chi connectivity index (χ0) is 22.2. The van der Waals surface area contributed by atoms with E-state index in [1.165, 1.54) is 0 Å². The monoisotopic (exact) mass is 479 g/mol. The number of benzene rings is 2. The average Bonchev–Trinajstić information content (AvgIpc) is 3.54. The van der Waals surface area contributed by atoms with E-state index in [-0.39, 0.29) is 23.8 Å². The summed E-state index contributed by atoms with van der Waals surface area (Å²) in [5.41, 5.74) is 7.88. The SMILES string of the molecule is NC1(C(=O)N2CCC(NC(=O)c3ccc(CCl)cc3)C(c3ccc(Cl)c(Cl)c3)C2)CC1. The Bertz CT molecular complexity index is 992. The summed E-state index contributed by atoms with van der Waals surface area (Å²) < 4.78 is 0. The standard InChI is InChI=1S/C23H24Cl3N3O2/c24-12-14-1-3-15(4-2-14)21(30)28-20-7-10-29(22(31)23(27)8-9-23)13-17(20)16-5-6-18(25)19(26)11-16/h1-6,11,17,20H,7-10,12-13,27H2,(H,28,30). The van der Waals surface area contributed by atoms with Crippen molar-refractivity contribution in [3.8, 4) is 0 Å². The largest absolute Gasteiger partial charge is 0.349 e. The predicted octanol–water partition coefficient (Wildman–Crippen LogP) is 4.34. The number of carbonyl (C=O) groups excluding carboxylic acids is 2. The number of nitrogens with zero attached hydrogens (tertiary/aromatic N) is 1. The summed E-state index contributed by atoms with van der Waals surface area (Å²) in [7, 11) is 0. The first kappa shape index (κ1) is 22.4. The minimum absolute atomic E-state index is 0.0148. The Morgan fingerprint density at radius 1 is 1.10 bits per heavy atom. The molecule has 31 heavy (non-hydrogen) atoms. The number of hydrogen-bond donors (Lipinski definition) is 2. The van der Waals surface area contributed by atoms with Gasteiger partial charge in [0.1, 0.15) is 0 Å². The van der Waals surface area contributed by atoms with Crippen LogP contribution in [0.1, 0.15) is 46.7 Å². The first-order valence-electron chi connectivity index (χ1n) is 10.3. The second-order valence-corrected chi connectivity index (χ2v) is 9.47. The molecule has 2 amide bonds. The molecule has 1 aliphatic heterocycles. The highest BCUT2D eigenvalue weighted by atomic mass is 35.5. The van der Waals surface area contributed by atoms with Crippen LogP contribution in [-0.4, -0.2) is 41.4 Å². The molecule has 1 saturated heterocycles. The van der Waals surface area contributed by atoms with Crippen LogP contribution in [0.3, 0.4) is 0 Å². The van der Waals surface area contributed by atoms with Gasteiger partial charge in [-0.1, -0.05) is 41.4 Å². The molecule has 2 aromatic carbocycles. The molecule has 2 fully saturated rings. The molecule has 0 aromatic heterocycles. The Labute approximate surface area is 196 Å². The molecule has 1 saturated carbocycles. The number of amides is 2. The van der Waals surface area contributed by atoms with Gasteiger partial charge in [-0.15, -0.1) is 11.6 Å². The molecule has 2 atom stereocenters. The lowest BCUT2D eigenvalue weighted by Crippen LogP contribution is -2.55. The molecule has 0 radical (unpaired) electrons. The summed E-state index contributed by atoms with van der Waals surface area (Å²) in [5, 5.41) is 4.06. The zero-order valence-corrected chi connectivity index (χ0v) is 19.2. The Morgan fingerprint density at radius 2 is 1.81 bits per heavy atom. The van der Waals surface area contributed by atoms with Crippen molar-refractivity contribution in [1.82, 2.24) is 10.2 Å². The van der Waals surface area contributed by atoms with Crippen molar-refractivity contribution < 1.29 is 9.59 Å². The Kier molecular flexibility index (Phi) is 6.50. The van der Waals surface area contributed by atoms with Crippen molar-refractivity contribution in [3.63, 3.8) is 0 Å². The Hall–Kier alpha value is -1.79.